The quantitative estimate of drug-likeness (QED) is 0.781. The van der Waals surface area contributed by atoms with Gasteiger partial charge in [-0.3, -0.25) is 14.3 Å². The molecule has 9 nitrogen and oxygen atoms in total. The van der Waals surface area contributed by atoms with Crippen molar-refractivity contribution in [2.45, 2.75) is 13.8 Å². The van der Waals surface area contributed by atoms with E-state index >= 15 is 0 Å². The summed E-state index contributed by atoms with van der Waals surface area (Å²) in [4.78, 5) is 35.1. The van der Waals surface area contributed by atoms with Crippen LogP contribution in [0.5, 0.6) is 0 Å². The fourth-order valence-electron chi connectivity index (χ4n) is 1.89. The number of H-pyrrole nitrogens is 1. The molecule has 2 heterocycles. The van der Waals surface area contributed by atoms with Crippen molar-refractivity contribution in [3.63, 3.8) is 0 Å². The molecular weight excluding hydrogens is 290 g/mol. The van der Waals surface area contributed by atoms with Crippen LogP contribution in [0.1, 0.15) is 33.5 Å². The van der Waals surface area contributed by atoms with Crippen molar-refractivity contribution in [2.24, 2.45) is 7.05 Å². The molecule has 2 aromatic heterocycles. The lowest BCUT2D eigenvalue weighted by atomic mass is 10.2. The molecule has 0 saturated carbocycles. The number of anilines is 1. The maximum atomic E-state index is 12.1. The van der Waals surface area contributed by atoms with Gasteiger partial charge < -0.3 is 10.1 Å². The van der Waals surface area contributed by atoms with Crippen LogP contribution in [0.4, 0.5) is 5.82 Å². The SMILES string of the molecule is CCOC(=O)c1c(C)nn(C)c1NC(=O)c1ccc(=O)[nH]n1. The average Bonchev–Trinajstić information content (AvgIpc) is 2.74. The number of nitrogens with one attached hydrogen (secondary N) is 2. The number of carbonyl (C=O) groups excluding carboxylic acids is 2. The summed E-state index contributed by atoms with van der Waals surface area (Å²) in [5.41, 5.74) is 0.209. The van der Waals surface area contributed by atoms with Crippen LogP contribution >= 0.6 is 0 Å². The Bertz CT molecular complexity index is 757. The molecule has 0 bridgehead atoms. The molecule has 0 aromatic carbocycles. The molecule has 2 aromatic rings. The van der Waals surface area contributed by atoms with Crippen molar-refractivity contribution >= 4 is 17.7 Å². The summed E-state index contributed by atoms with van der Waals surface area (Å²) in [7, 11) is 1.59. The van der Waals surface area contributed by atoms with E-state index in [-0.39, 0.29) is 23.7 Å². The highest BCUT2D eigenvalue weighted by atomic mass is 16.5. The Morgan fingerprint density at radius 2 is 2.14 bits per heavy atom. The first-order chi connectivity index (χ1) is 10.4. The number of hydrogen-bond acceptors (Lipinski definition) is 6. The highest BCUT2D eigenvalue weighted by Crippen LogP contribution is 2.20. The van der Waals surface area contributed by atoms with Crippen molar-refractivity contribution in [3.8, 4) is 0 Å². The number of ether oxygens (including phenoxy) is 1. The Kier molecular flexibility index (Phi) is 4.35. The minimum absolute atomic E-state index is 0.00765. The van der Waals surface area contributed by atoms with Crippen LogP contribution in [-0.2, 0) is 11.8 Å². The van der Waals surface area contributed by atoms with Crippen molar-refractivity contribution in [1.82, 2.24) is 20.0 Å². The zero-order chi connectivity index (χ0) is 16.3. The van der Waals surface area contributed by atoms with E-state index in [1.165, 1.54) is 16.8 Å². The topological polar surface area (TPSA) is 119 Å². The Balaban J connectivity index is 2.33. The first kappa shape index (κ1) is 15.4. The van der Waals surface area contributed by atoms with Crippen LogP contribution in [0.25, 0.3) is 0 Å². The van der Waals surface area contributed by atoms with Crippen molar-refractivity contribution < 1.29 is 14.3 Å². The molecule has 0 radical (unpaired) electrons. The number of aryl methyl sites for hydroxylation is 2. The second-order valence-corrected chi connectivity index (χ2v) is 4.41. The summed E-state index contributed by atoms with van der Waals surface area (Å²) in [5.74, 6) is -0.948. The molecule has 1 amide bonds. The van der Waals surface area contributed by atoms with Crippen LogP contribution in [0, 0.1) is 6.92 Å². The molecule has 0 unspecified atom stereocenters. The minimum atomic E-state index is -0.579. The van der Waals surface area contributed by atoms with Gasteiger partial charge in [0, 0.05) is 13.1 Å². The van der Waals surface area contributed by atoms with Gasteiger partial charge in [-0.1, -0.05) is 0 Å². The van der Waals surface area contributed by atoms with E-state index in [4.69, 9.17) is 4.74 Å². The van der Waals surface area contributed by atoms with Crippen LogP contribution in [0.3, 0.4) is 0 Å². The summed E-state index contributed by atoms with van der Waals surface area (Å²) < 4.78 is 6.33. The Morgan fingerprint density at radius 1 is 1.41 bits per heavy atom. The van der Waals surface area contributed by atoms with Gasteiger partial charge in [0.25, 0.3) is 11.5 Å². The predicted octanol–water partition coefficient (Wildman–Crippen LogP) is 0.241. The maximum Gasteiger partial charge on any atom is 0.343 e. The van der Waals surface area contributed by atoms with Gasteiger partial charge >= 0.3 is 5.97 Å². The second kappa shape index (κ2) is 6.20. The third-order valence-electron chi connectivity index (χ3n) is 2.85. The smallest absolute Gasteiger partial charge is 0.343 e. The van der Waals surface area contributed by atoms with Gasteiger partial charge in [-0.05, 0) is 19.9 Å². The summed E-state index contributed by atoms with van der Waals surface area (Å²) in [6.45, 7) is 3.54. The number of amides is 1. The van der Waals surface area contributed by atoms with Gasteiger partial charge in [0.15, 0.2) is 0 Å². The van der Waals surface area contributed by atoms with Gasteiger partial charge in [0.1, 0.15) is 17.1 Å². The van der Waals surface area contributed by atoms with E-state index in [0.717, 1.165) is 0 Å². The lowest BCUT2D eigenvalue weighted by Crippen LogP contribution is -2.20. The first-order valence-electron chi connectivity index (χ1n) is 6.51. The molecular formula is C13H15N5O4. The van der Waals surface area contributed by atoms with E-state index in [0.29, 0.717) is 5.69 Å². The number of aromatic amines is 1. The molecule has 0 aliphatic heterocycles. The summed E-state index contributed by atoms with van der Waals surface area (Å²) >= 11 is 0. The van der Waals surface area contributed by atoms with Crippen LogP contribution in [-0.4, -0.2) is 38.5 Å². The van der Waals surface area contributed by atoms with Crippen LogP contribution < -0.4 is 10.9 Å². The number of esters is 1. The zero-order valence-electron chi connectivity index (χ0n) is 12.3. The van der Waals surface area contributed by atoms with Crippen LogP contribution in [0.2, 0.25) is 0 Å². The molecule has 0 spiro atoms. The van der Waals surface area contributed by atoms with Gasteiger partial charge in [-0.15, -0.1) is 0 Å². The van der Waals surface area contributed by atoms with E-state index in [2.05, 4.69) is 20.6 Å². The number of aromatic nitrogens is 4. The molecule has 0 saturated heterocycles. The number of rotatable bonds is 4. The van der Waals surface area contributed by atoms with Gasteiger partial charge in [0.2, 0.25) is 0 Å². The molecule has 2 N–H and O–H groups in total. The van der Waals surface area contributed by atoms with Gasteiger partial charge in [-0.25, -0.2) is 9.89 Å². The van der Waals surface area contributed by atoms with Crippen molar-refractivity contribution in [3.05, 3.63) is 39.4 Å². The monoisotopic (exact) mass is 305 g/mol. The van der Waals surface area contributed by atoms with E-state index < -0.39 is 17.4 Å². The zero-order valence-corrected chi connectivity index (χ0v) is 12.3. The molecule has 0 fully saturated rings. The van der Waals surface area contributed by atoms with E-state index in [1.54, 1.807) is 20.9 Å². The highest BCUT2D eigenvalue weighted by molar-refractivity contribution is 6.06. The van der Waals surface area contributed by atoms with Gasteiger partial charge in [0.05, 0.1) is 12.3 Å². The van der Waals surface area contributed by atoms with Gasteiger partial charge in [-0.2, -0.15) is 10.2 Å². The largest absolute Gasteiger partial charge is 0.462 e. The fourth-order valence-corrected chi connectivity index (χ4v) is 1.89. The summed E-state index contributed by atoms with van der Waals surface area (Å²) in [5, 5.41) is 12.4. The number of hydrogen-bond donors (Lipinski definition) is 2. The Hall–Kier alpha value is -2.97. The van der Waals surface area contributed by atoms with E-state index in [9.17, 15) is 14.4 Å². The molecule has 116 valence electrons. The molecule has 0 aliphatic carbocycles. The fraction of sp³-hybridized carbons (Fsp3) is 0.308. The third-order valence-corrected chi connectivity index (χ3v) is 2.85. The number of nitrogens with zero attached hydrogens (tertiary/aromatic N) is 3. The summed E-state index contributed by atoms with van der Waals surface area (Å²) in [6, 6.07) is 2.46. The Morgan fingerprint density at radius 3 is 2.73 bits per heavy atom. The summed E-state index contributed by atoms with van der Waals surface area (Å²) in [6.07, 6.45) is 0. The lowest BCUT2D eigenvalue weighted by molar-refractivity contribution is 0.0526. The highest BCUT2D eigenvalue weighted by Gasteiger charge is 2.23. The van der Waals surface area contributed by atoms with Crippen molar-refractivity contribution in [1.29, 1.82) is 0 Å². The van der Waals surface area contributed by atoms with Crippen LogP contribution in [0.15, 0.2) is 16.9 Å². The Labute approximate surface area is 125 Å². The lowest BCUT2D eigenvalue weighted by Gasteiger charge is -2.07. The average molecular weight is 305 g/mol. The first-order valence-corrected chi connectivity index (χ1v) is 6.51. The molecule has 22 heavy (non-hydrogen) atoms. The van der Waals surface area contributed by atoms with Crippen molar-refractivity contribution in [2.75, 3.05) is 11.9 Å². The predicted molar refractivity (Wildman–Crippen MR) is 76.7 cm³/mol. The van der Waals surface area contributed by atoms with E-state index in [1.807, 2.05) is 0 Å². The molecule has 2 rings (SSSR count). The third kappa shape index (κ3) is 3.03. The minimum Gasteiger partial charge on any atom is -0.462 e. The molecule has 0 atom stereocenters. The standard InChI is InChI=1S/C13H15N5O4/c1-4-22-13(21)10-7(2)17-18(3)11(10)14-12(20)8-5-6-9(19)16-15-8/h5-6H,4H2,1-3H3,(H,14,20)(H,16,19). The normalized spacial score (nSPS) is 10.3. The molecule has 9 heteroatoms. The second-order valence-electron chi connectivity index (χ2n) is 4.41. The maximum absolute atomic E-state index is 12.1. The molecule has 0 aliphatic rings. The number of carbonyl (C=O) groups is 2.